The highest BCUT2D eigenvalue weighted by atomic mass is 35.5. The summed E-state index contributed by atoms with van der Waals surface area (Å²) in [5.74, 6) is 0. The summed E-state index contributed by atoms with van der Waals surface area (Å²) in [4.78, 5) is 7.12. The lowest BCUT2D eigenvalue weighted by Crippen LogP contribution is -2.42. The molecule has 1 saturated heterocycles. The van der Waals surface area contributed by atoms with Crippen LogP contribution in [0.3, 0.4) is 0 Å². The number of halogens is 2. The van der Waals surface area contributed by atoms with Crippen molar-refractivity contribution in [1.29, 1.82) is 0 Å². The van der Waals surface area contributed by atoms with Gasteiger partial charge in [0.05, 0.1) is 22.3 Å². The third-order valence-corrected chi connectivity index (χ3v) is 4.91. The minimum absolute atomic E-state index is 0.570. The van der Waals surface area contributed by atoms with E-state index in [4.69, 9.17) is 28.2 Å². The van der Waals surface area contributed by atoms with Crippen LogP contribution in [0.25, 0.3) is 11.3 Å². The molecule has 0 unspecified atom stereocenters. The number of thiazole rings is 1. The van der Waals surface area contributed by atoms with Crippen LogP contribution in [0.15, 0.2) is 23.6 Å². The van der Waals surface area contributed by atoms with Crippen LogP contribution in [-0.2, 0) is 6.54 Å². The molecule has 0 bridgehead atoms. The Morgan fingerprint density at radius 3 is 2.75 bits per heavy atom. The average molecular weight is 328 g/mol. The molecule has 0 radical (unpaired) electrons. The number of nitrogens with one attached hydrogen (secondary N) is 1. The van der Waals surface area contributed by atoms with Gasteiger partial charge in [0, 0.05) is 37.1 Å². The molecule has 3 nitrogen and oxygen atoms in total. The van der Waals surface area contributed by atoms with E-state index >= 15 is 0 Å². The molecule has 20 heavy (non-hydrogen) atoms. The molecule has 1 N–H and O–H groups in total. The lowest BCUT2D eigenvalue weighted by atomic mass is 10.2. The van der Waals surface area contributed by atoms with E-state index < -0.39 is 0 Å². The van der Waals surface area contributed by atoms with Crippen LogP contribution in [-0.4, -0.2) is 36.1 Å². The van der Waals surface area contributed by atoms with Crippen molar-refractivity contribution in [1.82, 2.24) is 15.2 Å². The molecule has 0 aliphatic carbocycles. The zero-order chi connectivity index (χ0) is 13.9. The van der Waals surface area contributed by atoms with Crippen LogP contribution in [0.1, 0.15) is 5.01 Å². The van der Waals surface area contributed by atoms with Crippen LogP contribution in [0.5, 0.6) is 0 Å². The monoisotopic (exact) mass is 327 g/mol. The summed E-state index contributed by atoms with van der Waals surface area (Å²) in [5, 5.41) is 7.73. The number of nitrogens with zero attached hydrogens (tertiary/aromatic N) is 2. The Balaban J connectivity index is 1.73. The van der Waals surface area contributed by atoms with Gasteiger partial charge in [0.1, 0.15) is 5.01 Å². The molecule has 2 heterocycles. The van der Waals surface area contributed by atoms with Crippen molar-refractivity contribution >= 4 is 34.5 Å². The Kier molecular flexibility index (Phi) is 4.58. The predicted octanol–water partition coefficient (Wildman–Crippen LogP) is 3.52. The molecule has 1 aromatic heterocycles. The predicted molar refractivity (Wildman–Crippen MR) is 85.7 cm³/mol. The van der Waals surface area contributed by atoms with E-state index in [-0.39, 0.29) is 0 Å². The van der Waals surface area contributed by atoms with Gasteiger partial charge >= 0.3 is 0 Å². The van der Waals surface area contributed by atoms with E-state index in [1.165, 1.54) is 0 Å². The lowest BCUT2D eigenvalue weighted by molar-refractivity contribution is 0.233. The van der Waals surface area contributed by atoms with E-state index in [2.05, 4.69) is 15.6 Å². The first kappa shape index (κ1) is 14.3. The summed E-state index contributed by atoms with van der Waals surface area (Å²) in [6, 6.07) is 5.64. The van der Waals surface area contributed by atoms with Crippen LogP contribution in [0, 0.1) is 0 Å². The molecule has 1 fully saturated rings. The first-order valence-corrected chi connectivity index (χ1v) is 8.19. The fraction of sp³-hybridized carbons (Fsp3) is 0.357. The molecule has 2 aromatic rings. The molecule has 1 aliphatic rings. The quantitative estimate of drug-likeness (QED) is 0.934. The summed E-state index contributed by atoms with van der Waals surface area (Å²) >= 11 is 13.7. The van der Waals surface area contributed by atoms with Gasteiger partial charge in [0.15, 0.2) is 0 Å². The number of hydrogen-bond acceptors (Lipinski definition) is 4. The summed E-state index contributed by atoms with van der Waals surface area (Å²) in [5.41, 5.74) is 1.99. The SMILES string of the molecule is Clc1ccc(-c2csc(CN3CCNCC3)n2)cc1Cl. The molecule has 3 rings (SSSR count). The maximum Gasteiger partial charge on any atom is 0.107 e. The smallest absolute Gasteiger partial charge is 0.107 e. The fourth-order valence-corrected chi connectivity index (χ4v) is 3.37. The molecule has 0 amide bonds. The summed E-state index contributed by atoms with van der Waals surface area (Å²) in [6.07, 6.45) is 0. The Labute approximate surface area is 132 Å². The van der Waals surface area contributed by atoms with Crippen molar-refractivity contribution in [2.75, 3.05) is 26.2 Å². The lowest BCUT2D eigenvalue weighted by Gasteiger charge is -2.26. The number of benzene rings is 1. The van der Waals surface area contributed by atoms with Gasteiger partial charge in [0.25, 0.3) is 0 Å². The standard InChI is InChI=1S/C14H15Cl2N3S/c15-11-2-1-10(7-12(11)16)13-9-20-14(18-13)8-19-5-3-17-4-6-19/h1-2,7,9,17H,3-6,8H2. The van der Waals surface area contributed by atoms with Crippen molar-refractivity contribution in [2.24, 2.45) is 0 Å². The van der Waals surface area contributed by atoms with E-state index in [0.717, 1.165) is 49.0 Å². The summed E-state index contributed by atoms with van der Waals surface area (Å²) < 4.78 is 0. The molecule has 1 aromatic carbocycles. The van der Waals surface area contributed by atoms with Crippen molar-refractivity contribution in [2.45, 2.75) is 6.54 Å². The zero-order valence-electron chi connectivity index (χ0n) is 10.9. The minimum atomic E-state index is 0.570. The Hall–Kier alpha value is -0.650. The summed E-state index contributed by atoms with van der Waals surface area (Å²) in [7, 11) is 0. The van der Waals surface area contributed by atoms with Crippen molar-refractivity contribution in [3.63, 3.8) is 0 Å². The Bertz CT molecular complexity index is 594. The third-order valence-electron chi connectivity index (χ3n) is 3.34. The largest absolute Gasteiger partial charge is 0.314 e. The maximum atomic E-state index is 6.05. The Morgan fingerprint density at radius 1 is 1.20 bits per heavy atom. The normalized spacial score (nSPS) is 16.5. The van der Waals surface area contributed by atoms with Gasteiger partial charge in [-0.1, -0.05) is 29.3 Å². The van der Waals surface area contributed by atoms with Crippen molar-refractivity contribution in [3.8, 4) is 11.3 Å². The molecule has 1 aliphatic heterocycles. The molecular formula is C14H15Cl2N3S. The van der Waals surface area contributed by atoms with Crippen molar-refractivity contribution in [3.05, 3.63) is 38.6 Å². The van der Waals surface area contributed by atoms with Gasteiger partial charge < -0.3 is 5.32 Å². The molecule has 0 saturated carbocycles. The van der Waals surface area contributed by atoms with Crippen molar-refractivity contribution < 1.29 is 0 Å². The van der Waals surface area contributed by atoms with E-state index in [0.29, 0.717) is 10.0 Å². The number of piperazine rings is 1. The number of aromatic nitrogens is 1. The topological polar surface area (TPSA) is 28.2 Å². The maximum absolute atomic E-state index is 6.05. The van der Waals surface area contributed by atoms with E-state index in [1.54, 1.807) is 11.3 Å². The average Bonchev–Trinajstić information content (AvgIpc) is 2.91. The van der Waals surface area contributed by atoms with Crippen LogP contribution in [0.2, 0.25) is 10.0 Å². The van der Waals surface area contributed by atoms with Gasteiger partial charge in [-0.3, -0.25) is 4.90 Å². The first-order valence-electron chi connectivity index (χ1n) is 6.55. The van der Waals surface area contributed by atoms with Gasteiger partial charge in [0.2, 0.25) is 0 Å². The van der Waals surface area contributed by atoms with Gasteiger partial charge in [-0.05, 0) is 12.1 Å². The number of rotatable bonds is 3. The molecular weight excluding hydrogens is 313 g/mol. The van der Waals surface area contributed by atoms with Gasteiger partial charge in [-0.2, -0.15) is 0 Å². The second-order valence-electron chi connectivity index (χ2n) is 4.78. The molecule has 0 atom stereocenters. The third kappa shape index (κ3) is 3.32. The summed E-state index contributed by atoms with van der Waals surface area (Å²) in [6.45, 7) is 5.22. The highest BCUT2D eigenvalue weighted by Gasteiger charge is 2.13. The van der Waals surface area contributed by atoms with Gasteiger partial charge in [-0.15, -0.1) is 11.3 Å². The first-order chi connectivity index (χ1) is 9.72. The van der Waals surface area contributed by atoms with Gasteiger partial charge in [-0.25, -0.2) is 4.98 Å². The van der Waals surface area contributed by atoms with E-state index in [1.807, 2.05) is 18.2 Å². The highest BCUT2D eigenvalue weighted by Crippen LogP contribution is 2.29. The van der Waals surface area contributed by atoms with Crippen LogP contribution >= 0.6 is 34.5 Å². The van der Waals surface area contributed by atoms with Crippen LogP contribution < -0.4 is 5.32 Å². The Morgan fingerprint density at radius 2 is 2.00 bits per heavy atom. The highest BCUT2D eigenvalue weighted by molar-refractivity contribution is 7.09. The molecule has 6 heteroatoms. The van der Waals surface area contributed by atoms with Crippen LogP contribution in [0.4, 0.5) is 0 Å². The number of hydrogen-bond donors (Lipinski definition) is 1. The van der Waals surface area contributed by atoms with E-state index in [9.17, 15) is 0 Å². The second kappa shape index (κ2) is 6.41. The molecule has 0 spiro atoms. The minimum Gasteiger partial charge on any atom is -0.314 e. The fourth-order valence-electron chi connectivity index (χ4n) is 2.23. The second-order valence-corrected chi connectivity index (χ2v) is 6.54. The molecule has 106 valence electrons. The zero-order valence-corrected chi connectivity index (χ0v) is 13.2.